The number of nitriles is 1. The molecule has 0 radical (unpaired) electrons. The fraction of sp³-hybridized carbons (Fsp3) is 0.533. The quantitative estimate of drug-likeness (QED) is 0.816. The molecule has 21 heavy (non-hydrogen) atoms. The van der Waals surface area contributed by atoms with Gasteiger partial charge in [0.05, 0.1) is 16.9 Å². The van der Waals surface area contributed by atoms with E-state index in [-0.39, 0.29) is 17.4 Å². The summed E-state index contributed by atoms with van der Waals surface area (Å²) in [6, 6.07) is 5.57. The molecular formula is C15H23N3O2S. The average molecular weight is 309 g/mol. The summed E-state index contributed by atoms with van der Waals surface area (Å²) in [7, 11) is -2.14. The SMILES string of the molecule is CCc1cc(N)c(CC)c(S(=O)(=O)N(C)CC(C)C#N)c1. The third kappa shape index (κ3) is 3.74. The molecule has 0 aliphatic heterocycles. The van der Waals surface area contributed by atoms with Gasteiger partial charge >= 0.3 is 0 Å². The van der Waals surface area contributed by atoms with E-state index in [2.05, 4.69) is 6.07 Å². The third-order valence-corrected chi connectivity index (χ3v) is 5.39. The van der Waals surface area contributed by atoms with Crippen LogP contribution in [0.4, 0.5) is 5.69 Å². The van der Waals surface area contributed by atoms with E-state index in [9.17, 15) is 8.42 Å². The molecular weight excluding hydrogens is 286 g/mol. The van der Waals surface area contributed by atoms with Crippen LogP contribution in [-0.2, 0) is 22.9 Å². The Morgan fingerprint density at radius 2 is 1.95 bits per heavy atom. The van der Waals surface area contributed by atoms with Gasteiger partial charge in [-0.3, -0.25) is 0 Å². The molecule has 0 bridgehead atoms. The number of benzene rings is 1. The van der Waals surface area contributed by atoms with Crippen LogP contribution in [0.2, 0.25) is 0 Å². The molecule has 1 unspecified atom stereocenters. The fourth-order valence-corrected chi connectivity index (χ4v) is 3.86. The van der Waals surface area contributed by atoms with Crippen LogP contribution in [-0.4, -0.2) is 26.3 Å². The molecule has 0 aliphatic carbocycles. The maximum absolute atomic E-state index is 12.7. The summed E-state index contributed by atoms with van der Waals surface area (Å²) in [5.41, 5.74) is 8.04. The zero-order chi connectivity index (χ0) is 16.2. The van der Waals surface area contributed by atoms with Gasteiger partial charge in [-0.2, -0.15) is 9.57 Å². The molecule has 1 atom stereocenters. The molecule has 0 aliphatic rings. The molecule has 1 rings (SSSR count). The number of anilines is 1. The van der Waals surface area contributed by atoms with E-state index in [1.165, 1.54) is 11.4 Å². The summed E-state index contributed by atoms with van der Waals surface area (Å²) in [6.45, 7) is 5.70. The highest BCUT2D eigenvalue weighted by Crippen LogP contribution is 2.27. The van der Waals surface area contributed by atoms with Crippen LogP contribution in [0.3, 0.4) is 0 Å². The highest BCUT2D eigenvalue weighted by Gasteiger charge is 2.26. The summed E-state index contributed by atoms with van der Waals surface area (Å²) in [6.07, 6.45) is 1.26. The molecule has 6 heteroatoms. The van der Waals surface area contributed by atoms with Gasteiger partial charge < -0.3 is 5.73 Å². The number of nitrogen functional groups attached to an aromatic ring is 1. The number of nitrogens with two attached hydrogens (primary N) is 1. The predicted molar refractivity (Wildman–Crippen MR) is 84.2 cm³/mol. The summed E-state index contributed by atoms with van der Waals surface area (Å²) in [5.74, 6) is -0.360. The highest BCUT2D eigenvalue weighted by atomic mass is 32.2. The molecule has 2 N–H and O–H groups in total. The first-order valence-corrected chi connectivity index (χ1v) is 8.49. The minimum Gasteiger partial charge on any atom is -0.398 e. The number of nitrogens with zero attached hydrogens (tertiary/aromatic N) is 2. The van der Waals surface area contributed by atoms with Crippen LogP contribution in [0.1, 0.15) is 31.9 Å². The van der Waals surface area contributed by atoms with Crippen molar-refractivity contribution in [1.29, 1.82) is 5.26 Å². The van der Waals surface area contributed by atoms with Crippen LogP contribution >= 0.6 is 0 Å². The number of hydrogen-bond donors (Lipinski definition) is 1. The molecule has 5 nitrogen and oxygen atoms in total. The molecule has 0 fully saturated rings. The first-order valence-electron chi connectivity index (χ1n) is 7.05. The Labute approximate surface area is 127 Å². The Balaban J connectivity index is 3.37. The molecule has 1 aromatic rings. The molecule has 0 saturated heterocycles. The van der Waals surface area contributed by atoms with Crippen molar-refractivity contribution in [1.82, 2.24) is 4.31 Å². The zero-order valence-electron chi connectivity index (χ0n) is 13.0. The van der Waals surface area contributed by atoms with Crippen LogP contribution < -0.4 is 5.73 Å². The largest absolute Gasteiger partial charge is 0.398 e. The normalized spacial score (nSPS) is 13.1. The monoisotopic (exact) mass is 309 g/mol. The number of rotatable bonds is 6. The van der Waals surface area contributed by atoms with Gasteiger partial charge in [-0.15, -0.1) is 0 Å². The lowest BCUT2D eigenvalue weighted by atomic mass is 10.1. The van der Waals surface area contributed by atoms with E-state index >= 15 is 0 Å². The number of hydrogen-bond acceptors (Lipinski definition) is 4. The average Bonchev–Trinajstić information content (AvgIpc) is 2.45. The molecule has 0 spiro atoms. The van der Waals surface area contributed by atoms with Crippen molar-refractivity contribution < 1.29 is 8.42 Å². The van der Waals surface area contributed by atoms with Gasteiger partial charge in [-0.1, -0.05) is 13.8 Å². The molecule has 1 aromatic carbocycles. The Kier molecular flexibility index (Phi) is 5.76. The fourth-order valence-electron chi connectivity index (χ4n) is 2.23. The maximum atomic E-state index is 12.7. The molecule has 0 amide bonds. The Morgan fingerprint density at radius 3 is 2.43 bits per heavy atom. The van der Waals surface area contributed by atoms with Crippen molar-refractivity contribution in [2.24, 2.45) is 5.92 Å². The van der Waals surface area contributed by atoms with Crippen molar-refractivity contribution in [3.05, 3.63) is 23.3 Å². The number of aryl methyl sites for hydroxylation is 1. The van der Waals surface area contributed by atoms with Gasteiger partial charge in [0.25, 0.3) is 0 Å². The van der Waals surface area contributed by atoms with Crippen molar-refractivity contribution in [3.8, 4) is 6.07 Å². The van der Waals surface area contributed by atoms with Crippen LogP contribution in [0.15, 0.2) is 17.0 Å². The van der Waals surface area contributed by atoms with Gasteiger partial charge in [0, 0.05) is 19.3 Å². The first-order chi connectivity index (χ1) is 9.77. The highest BCUT2D eigenvalue weighted by molar-refractivity contribution is 7.89. The Morgan fingerprint density at radius 1 is 1.33 bits per heavy atom. The zero-order valence-corrected chi connectivity index (χ0v) is 13.9. The second-order valence-corrected chi connectivity index (χ2v) is 7.20. The van der Waals surface area contributed by atoms with Gasteiger partial charge in [0.2, 0.25) is 10.0 Å². The van der Waals surface area contributed by atoms with Crippen LogP contribution in [0.25, 0.3) is 0 Å². The van der Waals surface area contributed by atoms with Gasteiger partial charge in [0.15, 0.2) is 0 Å². The third-order valence-electron chi connectivity index (χ3n) is 3.50. The standard InChI is InChI=1S/C15H23N3O2S/c1-5-12-7-14(17)13(6-2)15(8-12)21(19,20)18(4)10-11(3)9-16/h7-8,11H,5-6,10,17H2,1-4H3. The molecule has 0 saturated carbocycles. The first kappa shape index (κ1) is 17.5. The lowest BCUT2D eigenvalue weighted by Gasteiger charge is -2.21. The van der Waals surface area contributed by atoms with E-state index in [1.807, 2.05) is 19.9 Å². The van der Waals surface area contributed by atoms with E-state index in [0.717, 1.165) is 12.0 Å². The maximum Gasteiger partial charge on any atom is 0.243 e. The van der Waals surface area contributed by atoms with Crippen molar-refractivity contribution >= 4 is 15.7 Å². The lowest BCUT2D eigenvalue weighted by Crippen LogP contribution is -2.31. The van der Waals surface area contributed by atoms with E-state index in [1.54, 1.807) is 13.0 Å². The summed E-state index contributed by atoms with van der Waals surface area (Å²) in [4.78, 5) is 0.259. The molecule has 116 valence electrons. The second kappa shape index (κ2) is 6.92. The van der Waals surface area contributed by atoms with Gasteiger partial charge in [0.1, 0.15) is 0 Å². The lowest BCUT2D eigenvalue weighted by molar-refractivity contribution is 0.438. The minimum absolute atomic E-state index is 0.165. The van der Waals surface area contributed by atoms with E-state index in [4.69, 9.17) is 11.0 Å². The Bertz CT molecular complexity index is 648. The predicted octanol–water partition coefficient (Wildman–Crippen LogP) is 2.17. The van der Waals surface area contributed by atoms with Crippen LogP contribution in [0, 0.1) is 17.2 Å². The van der Waals surface area contributed by atoms with Crippen molar-refractivity contribution in [2.75, 3.05) is 19.3 Å². The summed E-state index contributed by atoms with van der Waals surface area (Å²) in [5, 5.41) is 8.86. The van der Waals surface area contributed by atoms with E-state index in [0.29, 0.717) is 17.7 Å². The molecule has 0 aromatic heterocycles. The smallest absolute Gasteiger partial charge is 0.243 e. The topological polar surface area (TPSA) is 87.2 Å². The second-order valence-electron chi connectivity index (χ2n) is 5.18. The summed E-state index contributed by atoms with van der Waals surface area (Å²) < 4.78 is 26.7. The van der Waals surface area contributed by atoms with Crippen molar-refractivity contribution in [3.63, 3.8) is 0 Å². The van der Waals surface area contributed by atoms with Gasteiger partial charge in [-0.25, -0.2) is 8.42 Å². The van der Waals surface area contributed by atoms with Gasteiger partial charge in [-0.05, 0) is 43.0 Å². The Hall–Kier alpha value is -1.58. The summed E-state index contributed by atoms with van der Waals surface area (Å²) >= 11 is 0. The number of sulfonamides is 1. The minimum atomic E-state index is -3.64. The van der Waals surface area contributed by atoms with Crippen LogP contribution in [0.5, 0.6) is 0 Å². The van der Waals surface area contributed by atoms with Crippen molar-refractivity contribution in [2.45, 2.75) is 38.5 Å². The molecule has 0 heterocycles. The van der Waals surface area contributed by atoms with E-state index < -0.39 is 10.0 Å².